The van der Waals surface area contributed by atoms with Crippen molar-refractivity contribution in [3.05, 3.63) is 16.7 Å². The summed E-state index contributed by atoms with van der Waals surface area (Å²) >= 11 is 0. The van der Waals surface area contributed by atoms with Crippen molar-refractivity contribution in [3.8, 4) is 0 Å². The SMILES string of the molecule is CC(C)(C)NNc1nc[nH]c(=O)c1N. The zero-order chi connectivity index (χ0) is 10.8. The highest BCUT2D eigenvalue weighted by Gasteiger charge is 2.10. The van der Waals surface area contributed by atoms with E-state index in [4.69, 9.17) is 5.73 Å². The molecule has 0 aliphatic heterocycles. The number of H-pyrrole nitrogens is 1. The third-order valence-electron chi connectivity index (χ3n) is 1.44. The minimum atomic E-state index is -0.349. The van der Waals surface area contributed by atoms with E-state index in [9.17, 15) is 4.79 Å². The van der Waals surface area contributed by atoms with Crippen molar-refractivity contribution < 1.29 is 0 Å². The Morgan fingerprint density at radius 3 is 2.71 bits per heavy atom. The Kier molecular flexibility index (Phi) is 2.76. The highest BCUT2D eigenvalue weighted by molar-refractivity contribution is 5.58. The van der Waals surface area contributed by atoms with Crippen molar-refractivity contribution in [1.29, 1.82) is 0 Å². The van der Waals surface area contributed by atoms with Crippen LogP contribution in [-0.4, -0.2) is 15.5 Å². The molecule has 6 heteroatoms. The van der Waals surface area contributed by atoms with Crippen LogP contribution in [0.1, 0.15) is 20.8 Å². The third-order valence-corrected chi connectivity index (χ3v) is 1.44. The predicted octanol–water partition coefficient (Wildman–Crippen LogP) is 0.0671. The van der Waals surface area contributed by atoms with Gasteiger partial charge in [0.05, 0.1) is 6.33 Å². The number of aromatic nitrogens is 2. The highest BCUT2D eigenvalue weighted by atomic mass is 16.1. The van der Waals surface area contributed by atoms with Crippen LogP contribution in [0.4, 0.5) is 11.5 Å². The zero-order valence-corrected chi connectivity index (χ0v) is 8.51. The molecular formula is C8H15N5O. The maximum absolute atomic E-state index is 11.1. The summed E-state index contributed by atoms with van der Waals surface area (Å²) in [5.41, 5.74) is 10.8. The molecule has 0 atom stereocenters. The van der Waals surface area contributed by atoms with Crippen LogP contribution in [0.15, 0.2) is 11.1 Å². The van der Waals surface area contributed by atoms with Gasteiger partial charge in [-0.15, -0.1) is 0 Å². The van der Waals surface area contributed by atoms with Gasteiger partial charge in [0.15, 0.2) is 5.82 Å². The lowest BCUT2D eigenvalue weighted by Crippen LogP contribution is -2.41. The van der Waals surface area contributed by atoms with Gasteiger partial charge in [0.25, 0.3) is 5.56 Å². The summed E-state index contributed by atoms with van der Waals surface area (Å²) in [5, 5.41) is 0. The molecule has 1 aromatic rings. The predicted molar refractivity (Wildman–Crippen MR) is 55.8 cm³/mol. The van der Waals surface area contributed by atoms with Gasteiger partial charge in [0.2, 0.25) is 0 Å². The molecule has 0 aliphatic carbocycles. The van der Waals surface area contributed by atoms with E-state index in [0.29, 0.717) is 5.82 Å². The summed E-state index contributed by atoms with van der Waals surface area (Å²) < 4.78 is 0. The average molecular weight is 197 g/mol. The van der Waals surface area contributed by atoms with E-state index in [-0.39, 0.29) is 16.8 Å². The van der Waals surface area contributed by atoms with Crippen molar-refractivity contribution >= 4 is 11.5 Å². The number of hydrogen-bond donors (Lipinski definition) is 4. The van der Waals surface area contributed by atoms with Gasteiger partial charge in [-0.25, -0.2) is 10.4 Å². The van der Waals surface area contributed by atoms with Gasteiger partial charge in [0.1, 0.15) is 5.69 Å². The van der Waals surface area contributed by atoms with Gasteiger partial charge < -0.3 is 16.1 Å². The number of hydrogen-bond acceptors (Lipinski definition) is 5. The molecule has 1 rings (SSSR count). The lowest BCUT2D eigenvalue weighted by Gasteiger charge is -2.21. The lowest BCUT2D eigenvalue weighted by molar-refractivity contribution is 0.464. The molecule has 1 aromatic heterocycles. The van der Waals surface area contributed by atoms with Gasteiger partial charge in [-0.2, -0.15) is 0 Å². The molecular weight excluding hydrogens is 182 g/mol. The molecule has 0 bridgehead atoms. The molecule has 78 valence electrons. The van der Waals surface area contributed by atoms with Crippen LogP contribution in [0.2, 0.25) is 0 Å². The summed E-state index contributed by atoms with van der Waals surface area (Å²) in [6.07, 6.45) is 1.30. The van der Waals surface area contributed by atoms with Crippen LogP contribution in [0, 0.1) is 0 Å². The standard InChI is InChI=1S/C8H15N5O/c1-8(2,3)13-12-6-5(9)7(14)11-4-10-6/h4,13H,9H2,1-3H3,(H2,10,11,12,14). The topological polar surface area (TPSA) is 95.8 Å². The lowest BCUT2D eigenvalue weighted by atomic mass is 10.1. The minimum absolute atomic E-state index is 0.0734. The highest BCUT2D eigenvalue weighted by Crippen LogP contribution is 2.07. The third kappa shape index (κ3) is 2.74. The van der Waals surface area contributed by atoms with Crippen molar-refractivity contribution in [2.45, 2.75) is 26.3 Å². The monoisotopic (exact) mass is 197 g/mol. The summed E-state index contributed by atoms with van der Waals surface area (Å²) in [6, 6.07) is 0. The molecule has 0 spiro atoms. The van der Waals surface area contributed by atoms with Crippen LogP contribution in [0.3, 0.4) is 0 Å². The molecule has 5 N–H and O–H groups in total. The van der Waals surface area contributed by atoms with E-state index < -0.39 is 0 Å². The maximum Gasteiger partial charge on any atom is 0.276 e. The molecule has 0 unspecified atom stereocenters. The molecule has 0 aromatic carbocycles. The second-order valence-corrected chi connectivity index (χ2v) is 3.99. The van der Waals surface area contributed by atoms with E-state index in [0.717, 1.165) is 0 Å². The Morgan fingerprint density at radius 1 is 1.50 bits per heavy atom. The largest absolute Gasteiger partial charge is 0.391 e. The fourth-order valence-electron chi connectivity index (χ4n) is 0.757. The summed E-state index contributed by atoms with van der Waals surface area (Å²) in [5.74, 6) is 0.337. The number of nitrogens with two attached hydrogens (primary N) is 1. The summed E-state index contributed by atoms with van der Waals surface area (Å²) in [7, 11) is 0. The fraction of sp³-hybridized carbons (Fsp3) is 0.500. The van der Waals surface area contributed by atoms with E-state index in [1.165, 1.54) is 6.33 Å². The molecule has 0 saturated heterocycles. The Labute approximate surface area is 81.9 Å². The van der Waals surface area contributed by atoms with E-state index >= 15 is 0 Å². The molecule has 0 saturated carbocycles. The Bertz CT molecular complexity index is 365. The van der Waals surface area contributed by atoms with Gasteiger partial charge in [-0.05, 0) is 20.8 Å². The molecule has 0 aliphatic rings. The molecule has 0 radical (unpaired) electrons. The molecule has 6 nitrogen and oxygen atoms in total. The van der Waals surface area contributed by atoms with Gasteiger partial charge >= 0.3 is 0 Å². The molecule has 1 heterocycles. The number of nitrogen functional groups attached to an aromatic ring is 1. The van der Waals surface area contributed by atoms with Crippen LogP contribution >= 0.6 is 0 Å². The number of anilines is 2. The van der Waals surface area contributed by atoms with E-state index in [1.54, 1.807) is 0 Å². The van der Waals surface area contributed by atoms with E-state index in [1.807, 2.05) is 20.8 Å². The maximum atomic E-state index is 11.1. The number of aromatic amines is 1. The normalized spacial score (nSPS) is 11.4. The number of rotatable bonds is 2. The second kappa shape index (κ2) is 3.67. The molecule has 0 amide bonds. The first-order valence-corrected chi connectivity index (χ1v) is 4.26. The number of hydrazine groups is 1. The fourth-order valence-corrected chi connectivity index (χ4v) is 0.757. The number of nitrogens with one attached hydrogen (secondary N) is 3. The van der Waals surface area contributed by atoms with Gasteiger partial charge in [-0.3, -0.25) is 4.79 Å². The van der Waals surface area contributed by atoms with Crippen LogP contribution in [0.5, 0.6) is 0 Å². The summed E-state index contributed by atoms with van der Waals surface area (Å²) in [6.45, 7) is 5.93. The van der Waals surface area contributed by atoms with E-state index in [2.05, 4.69) is 20.8 Å². The second-order valence-electron chi connectivity index (χ2n) is 3.99. The quantitative estimate of drug-likeness (QED) is 0.503. The number of nitrogens with zero attached hydrogens (tertiary/aromatic N) is 1. The first-order chi connectivity index (χ1) is 6.40. The van der Waals surface area contributed by atoms with Gasteiger partial charge in [-0.1, -0.05) is 0 Å². The summed E-state index contributed by atoms with van der Waals surface area (Å²) in [4.78, 5) is 17.3. The first kappa shape index (κ1) is 10.5. The van der Waals surface area contributed by atoms with Crippen molar-refractivity contribution in [2.24, 2.45) is 0 Å². The van der Waals surface area contributed by atoms with Crippen LogP contribution < -0.4 is 22.1 Å². The molecule has 14 heavy (non-hydrogen) atoms. The van der Waals surface area contributed by atoms with Crippen LogP contribution in [0.25, 0.3) is 0 Å². The van der Waals surface area contributed by atoms with Crippen molar-refractivity contribution in [3.63, 3.8) is 0 Å². The smallest absolute Gasteiger partial charge is 0.276 e. The Hall–Kier alpha value is -1.56. The Balaban J connectivity index is 2.78. The van der Waals surface area contributed by atoms with Crippen molar-refractivity contribution in [1.82, 2.24) is 15.4 Å². The van der Waals surface area contributed by atoms with Crippen molar-refractivity contribution in [2.75, 3.05) is 11.2 Å². The average Bonchev–Trinajstić information content (AvgIpc) is 2.06. The minimum Gasteiger partial charge on any atom is -0.391 e. The zero-order valence-electron chi connectivity index (χ0n) is 8.51. The van der Waals surface area contributed by atoms with Crippen LogP contribution in [-0.2, 0) is 0 Å². The molecule has 0 fully saturated rings. The van der Waals surface area contributed by atoms with Gasteiger partial charge in [0, 0.05) is 5.54 Å². The Morgan fingerprint density at radius 2 is 2.14 bits per heavy atom. The first-order valence-electron chi connectivity index (χ1n) is 4.26.